The minimum atomic E-state index is 0.429. The Bertz CT molecular complexity index is 654. The van der Waals surface area contributed by atoms with Crippen molar-refractivity contribution in [3.63, 3.8) is 0 Å². The Labute approximate surface area is 124 Å². The van der Waals surface area contributed by atoms with Crippen LogP contribution < -0.4 is 15.2 Å². The first-order valence-corrected chi connectivity index (χ1v) is 7.07. The van der Waals surface area contributed by atoms with Gasteiger partial charge in [-0.15, -0.1) is 0 Å². The standard InChI is InChI=1S/C16H19N3O2/c1-10-14(17)18-15(12-6-7-12)19-16(10)21-9-11-4-3-5-13(8-11)20-2/h3-5,8,12H,6-7,9H2,1-2H3,(H2,17,18,19). The van der Waals surface area contributed by atoms with E-state index < -0.39 is 0 Å². The SMILES string of the molecule is COc1cccc(COc2nc(C3CC3)nc(N)c2C)c1. The number of anilines is 1. The number of rotatable bonds is 5. The number of hydrogen-bond donors (Lipinski definition) is 1. The highest BCUT2D eigenvalue weighted by Gasteiger charge is 2.28. The molecule has 1 heterocycles. The molecule has 1 saturated carbocycles. The smallest absolute Gasteiger partial charge is 0.222 e. The maximum Gasteiger partial charge on any atom is 0.222 e. The van der Waals surface area contributed by atoms with Gasteiger partial charge >= 0.3 is 0 Å². The molecule has 0 saturated heterocycles. The normalized spacial score (nSPS) is 14.0. The fourth-order valence-electron chi connectivity index (χ4n) is 2.11. The zero-order chi connectivity index (χ0) is 14.8. The fraction of sp³-hybridized carbons (Fsp3) is 0.375. The van der Waals surface area contributed by atoms with E-state index in [0.717, 1.165) is 35.5 Å². The largest absolute Gasteiger partial charge is 0.497 e. The number of nitrogen functional groups attached to an aromatic ring is 1. The van der Waals surface area contributed by atoms with Gasteiger partial charge in [0.2, 0.25) is 5.88 Å². The van der Waals surface area contributed by atoms with E-state index in [1.165, 1.54) is 0 Å². The molecule has 0 atom stereocenters. The second-order valence-corrected chi connectivity index (χ2v) is 5.31. The molecule has 110 valence electrons. The number of benzene rings is 1. The first-order chi connectivity index (χ1) is 10.2. The minimum Gasteiger partial charge on any atom is -0.497 e. The van der Waals surface area contributed by atoms with Crippen molar-refractivity contribution in [3.8, 4) is 11.6 Å². The van der Waals surface area contributed by atoms with Gasteiger partial charge in [0.25, 0.3) is 0 Å². The second-order valence-electron chi connectivity index (χ2n) is 5.31. The van der Waals surface area contributed by atoms with E-state index in [1.54, 1.807) is 7.11 Å². The average molecular weight is 285 g/mol. The molecule has 2 aromatic rings. The van der Waals surface area contributed by atoms with Crippen LogP contribution in [0.5, 0.6) is 11.6 Å². The summed E-state index contributed by atoms with van der Waals surface area (Å²) in [4.78, 5) is 8.85. The molecule has 3 rings (SSSR count). The summed E-state index contributed by atoms with van der Waals surface area (Å²) in [5.41, 5.74) is 7.77. The summed E-state index contributed by atoms with van der Waals surface area (Å²) in [6.45, 7) is 2.31. The average Bonchev–Trinajstić information content (AvgIpc) is 3.33. The van der Waals surface area contributed by atoms with E-state index in [2.05, 4.69) is 9.97 Å². The first-order valence-electron chi connectivity index (χ1n) is 7.07. The summed E-state index contributed by atoms with van der Waals surface area (Å²) in [5.74, 6) is 3.15. The van der Waals surface area contributed by atoms with Gasteiger partial charge in [-0.05, 0) is 37.5 Å². The Kier molecular flexibility index (Phi) is 3.64. The second kappa shape index (κ2) is 5.60. The molecule has 0 radical (unpaired) electrons. The van der Waals surface area contributed by atoms with E-state index in [-0.39, 0.29) is 0 Å². The topological polar surface area (TPSA) is 70.3 Å². The lowest BCUT2D eigenvalue weighted by Crippen LogP contribution is -2.06. The molecule has 1 fully saturated rings. The molecule has 5 heteroatoms. The molecule has 1 aliphatic carbocycles. The van der Waals surface area contributed by atoms with Crippen LogP contribution in [0.1, 0.15) is 35.7 Å². The van der Waals surface area contributed by atoms with Crippen molar-refractivity contribution in [1.82, 2.24) is 9.97 Å². The van der Waals surface area contributed by atoms with Crippen LogP contribution in [0.15, 0.2) is 24.3 Å². The van der Waals surface area contributed by atoms with Gasteiger partial charge in [-0.2, -0.15) is 4.98 Å². The zero-order valence-electron chi connectivity index (χ0n) is 12.3. The highest BCUT2D eigenvalue weighted by atomic mass is 16.5. The molecule has 1 aliphatic rings. The van der Waals surface area contributed by atoms with Gasteiger partial charge in [-0.1, -0.05) is 12.1 Å². The number of methoxy groups -OCH3 is 1. The van der Waals surface area contributed by atoms with Crippen LogP contribution in [0.4, 0.5) is 5.82 Å². The number of nitrogens with zero attached hydrogens (tertiary/aromatic N) is 2. The molecule has 2 N–H and O–H groups in total. The Morgan fingerprint density at radius 3 is 2.81 bits per heavy atom. The monoisotopic (exact) mass is 285 g/mol. The van der Waals surface area contributed by atoms with Crippen LogP contribution in [0.25, 0.3) is 0 Å². The summed E-state index contributed by atoms with van der Waals surface area (Å²) in [6.07, 6.45) is 2.27. The van der Waals surface area contributed by atoms with Gasteiger partial charge in [-0.25, -0.2) is 4.98 Å². The quantitative estimate of drug-likeness (QED) is 0.914. The third-order valence-electron chi connectivity index (χ3n) is 3.61. The van der Waals surface area contributed by atoms with Gasteiger partial charge in [0.1, 0.15) is 24.0 Å². The third kappa shape index (κ3) is 3.07. The lowest BCUT2D eigenvalue weighted by molar-refractivity contribution is 0.289. The van der Waals surface area contributed by atoms with Crippen LogP contribution in [0.3, 0.4) is 0 Å². The third-order valence-corrected chi connectivity index (χ3v) is 3.61. The molecule has 1 aromatic heterocycles. The highest BCUT2D eigenvalue weighted by molar-refractivity contribution is 5.45. The van der Waals surface area contributed by atoms with E-state index in [4.69, 9.17) is 15.2 Å². The van der Waals surface area contributed by atoms with Crippen molar-refractivity contribution in [3.05, 3.63) is 41.2 Å². The van der Waals surface area contributed by atoms with E-state index in [1.807, 2.05) is 31.2 Å². The molecule has 0 unspecified atom stereocenters. The van der Waals surface area contributed by atoms with Crippen molar-refractivity contribution >= 4 is 5.82 Å². The molecule has 0 bridgehead atoms. The van der Waals surface area contributed by atoms with Crippen molar-refractivity contribution in [2.75, 3.05) is 12.8 Å². The van der Waals surface area contributed by atoms with Crippen LogP contribution in [-0.2, 0) is 6.61 Å². The van der Waals surface area contributed by atoms with Crippen molar-refractivity contribution in [1.29, 1.82) is 0 Å². The molecule has 0 aliphatic heterocycles. The van der Waals surface area contributed by atoms with Crippen LogP contribution >= 0.6 is 0 Å². The number of ether oxygens (including phenoxy) is 2. The maximum absolute atomic E-state index is 5.95. The van der Waals surface area contributed by atoms with E-state index >= 15 is 0 Å². The van der Waals surface area contributed by atoms with Crippen LogP contribution in [0, 0.1) is 6.92 Å². The lowest BCUT2D eigenvalue weighted by atomic mass is 10.2. The molecule has 5 nitrogen and oxygen atoms in total. The van der Waals surface area contributed by atoms with Crippen molar-refractivity contribution in [2.24, 2.45) is 0 Å². The summed E-state index contributed by atoms with van der Waals surface area (Å²) in [5, 5.41) is 0. The van der Waals surface area contributed by atoms with Crippen LogP contribution in [-0.4, -0.2) is 17.1 Å². The molecular formula is C16H19N3O2. The molecule has 0 amide bonds. The van der Waals surface area contributed by atoms with Gasteiger partial charge in [-0.3, -0.25) is 0 Å². The summed E-state index contributed by atoms with van der Waals surface area (Å²) in [6, 6.07) is 7.78. The maximum atomic E-state index is 5.95. The Balaban J connectivity index is 1.77. The predicted molar refractivity (Wildman–Crippen MR) is 80.5 cm³/mol. The van der Waals surface area contributed by atoms with Gasteiger partial charge in [0.05, 0.1) is 12.7 Å². The molecule has 1 aromatic carbocycles. The molecule has 21 heavy (non-hydrogen) atoms. The van der Waals surface area contributed by atoms with Crippen LogP contribution in [0.2, 0.25) is 0 Å². The summed E-state index contributed by atoms with van der Waals surface area (Å²) in [7, 11) is 1.65. The van der Waals surface area contributed by atoms with E-state index in [9.17, 15) is 0 Å². The summed E-state index contributed by atoms with van der Waals surface area (Å²) >= 11 is 0. The molecule has 0 spiro atoms. The fourth-order valence-corrected chi connectivity index (χ4v) is 2.11. The minimum absolute atomic E-state index is 0.429. The van der Waals surface area contributed by atoms with Gasteiger partial charge in [0.15, 0.2) is 0 Å². The number of hydrogen-bond acceptors (Lipinski definition) is 5. The Morgan fingerprint density at radius 1 is 1.29 bits per heavy atom. The van der Waals surface area contributed by atoms with E-state index in [0.29, 0.717) is 24.2 Å². The zero-order valence-corrected chi connectivity index (χ0v) is 12.3. The highest BCUT2D eigenvalue weighted by Crippen LogP contribution is 2.39. The lowest BCUT2D eigenvalue weighted by Gasteiger charge is -2.11. The van der Waals surface area contributed by atoms with Gasteiger partial charge in [0, 0.05) is 5.92 Å². The Morgan fingerprint density at radius 2 is 2.10 bits per heavy atom. The van der Waals surface area contributed by atoms with Gasteiger partial charge < -0.3 is 15.2 Å². The predicted octanol–water partition coefficient (Wildman–Crippen LogP) is 2.83. The first kappa shape index (κ1) is 13.7. The summed E-state index contributed by atoms with van der Waals surface area (Å²) < 4.78 is 11.0. The molecular weight excluding hydrogens is 266 g/mol. The Hall–Kier alpha value is -2.30. The van der Waals surface area contributed by atoms with Crippen molar-refractivity contribution < 1.29 is 9.47 Å². The van der Waals surface area contributed by atoms with Crippen molar-refractivity contribution in [2.45, 2.75) is 32.3 Å². The number of aromatic nitrogens is 2. The number of nitrogens with two attached hydrogens (primary N) is 1.